The summed E-state index contributed by atoms with van der Waals surface area (Å²) >= 11 is 0. The van der Waals surface area contributed by atoms with Gasteiger partial charge in [-0.1, -0.05) is 13.0 Å². The molecule has 1 aliphatic heterocycles. The van der Waals surface area contributed by atoms with Gasteiger partial charge in [-0.05, 0) is 57.4 Å². The van der Waals surface area contributed by atoms with E-state index in [1.165, 1.54) is 5.56 Å². The van der Waals surface area contributed by atoms with Crippen molar-refractivity contribution in [2.24, 2.45) is 5.73 Å². The van der Waals surface area contributed by atoms with E-state index in [1.54, 1.807) is 0 Å². The molecule has 1 aromatic rings. The Bertz CT molecular complexity index is 497. The van der Waals surface area contributed by atoms with E-state index in [4.69, 9.17) is 10.5 Å². The maximum absolute atomic E-state index is 12.5. The summed E-state index contributed by atoms with van der Waals surface area (Å²) in [6, 6.07) is 6.09. The molecule has 0 fully saturated rings. The number of anilines is 1. The van der Waals surface area contributed by atoms with Crippen molar-refractivity contribution in [3.05, 3.63) is 23.8 Å². The molecule has 4 heteroatoms. The second kappa shape index (κ2) is 5.83. The summed E-state index contributed by atoms with van der Waals surface area (Å²) < 4.78 is 5.85. The maximum atomic E-state index is 12.5. The van der Waals surface area contributed by atoms with Gasteiger partial charge in [0.25, 0.3) is 5.91 Å². The average Bonchev–Trinajstić information content (AvgIpc) is 2.41. The normalized spacial score (nSPS) is 16.8. The van der Waals surface area contributed by atoms with E-state index in [2.05, 4.69) is 19.1 Å². The number of rotatable bonds is 5. The molecule has 0 atom stereocenters. The molecular formula is C16H24N2O2. The van der Waals surface area contributed by atoms with Crippen LogP contribution in [0.5, 0.6) is 5.75 Å². The first kappa shape index (κ1) is 14.9. The monoisotopic (exact) mass is 276 g/mol. The van der Waals surface area contributed by atoms with Crippen LogP contribution in [0.2, 0.25) is 0 Å². The van der Waals surface area contributed by atoms with Gasteiger partial charge in [-0.25, -0.2) is 0 Å². The first-order valence-corrected chi connectivity index (χ1v) is 7.33. The number of nitrogens with zero attached hydrogens (tertiary/aromatic N) is 1. The quantitative estimate of drug-likeness (QED) is 0.899. The number of benzene rings is 1. The summed E-state index contributed by atoms with van der Waals surface area (Å²) in [7, 11) is 0. The number of amides is 1. The van der Waals surface area contributed by atoms with Crippen molar-refractivity contribution in [3.63, 3.8) is 0 Å². The molecule has 2 N–H and O–H groups in total. The Labute approximate surface area is 120 Å². The summed E-state index contributed by atoms with van der Waals surface area (Å²) in [5.41, 5.74) is 6.86. The lowest BCUT2D eigenvalue weighted by molar-refractivity contribution is -0.132. The van der Waals surface area contributed by atoms with E-state index < -0.39 is 5.60 Å². The van der Waals surface area contributed by atoms with E-state index in [1.807, 2.05) is 24.8 Å². The summed E-state index contributed by atoms with van der Waals surface area (Å²) in [6.07, 6.45) is 2.81. The Hall–Kier alpha value is -1.55. The highest BCUT2D eigenvalue weighted by Gasteiger charge is 2.40. The van der Waals surface area contributed by atoms with Crippen molar-refractivity contribution < 1.29 is 9.53 Å². The predicted octanol–water partition coefficient (Wildman–Crippen LogP) is 2.49. The summed E-state index contributed by atoms with van der Waals surface area (Å²) in [4.78, 5) is 14.4. The first-order valence-electron chi connectivity index (χ1n) is 7.33. The zero-order valence-corrected chi connectivity index (χ0v) is 12.6. The van der Waals surface area contributed by atoms with Gasteiger partial charge in [0.15, 0.2) is 5.60 Å². The zero-order chi connectivity index (χ0) is 14.8. The van der Waals surface area contributed by atoms with Crippen molar-refractivity contribution in [3.8, 4) is 5.75 Å². The van der Waals surface area contributed by atoms with Gasteiger partial charge in [-0.3, -0.25) is 4.79 Å². The molecule has 0 aromatic heterocycles. The first-order chi connectivity index (χ1) is 9.49. The Morgan fingerprint density at radius 1 is 1.35 bits per heavy atom. The number of hydrogen-bond acceptors (Lipinski definition) is 3. The maximum Gasteiger partial charge on any atom is 0.270 e. The van der Waals surface area contributed by atoms with Gasteiger partial charge in [-0.15, -0.1) is 0 Å². The van der Waals surface area contributed by atoms with Gasteiger partial charge in [-0.2, -0.15) is 0 Å². The standard InChI is InChI=1S/C16H24N2O2/c1-4-10-18-13-11-12(6-5-9-17)7-8-14(13)20-16(2,3)15(18)19/h7-8,11H,4-6,9-10,17H2,1-3H3. The molecule has 4 nitrogen and oxygen atoms in total. The van der Waals surface area contributed by atoms with E-state index in [-0.39, 0.29) is 5.91 Å². The summed E-state index contributed by atoms with van der Waals surface area (Å²) in [5.74, 6) is 0.822. The number of carbonyl (C=O) groups excluding carboxylic acids is 1. The van der Waals surface area contributed by atoms with Crippen LogP contribution in [0.15, 0.2) is 18.2 Å². The number of hydrogen-bond donors (Lipinski definition) is 1. The van der Waals surface area contributed by atoms with Crippen molar-refractivity contribution in [2.75, 3.05) is 18.0 Å². The molecule has 110 valence electrons. The molecule has 1 aromatic carbocycles. The van der Waals surface area contributed by atoms with Gasteiger partial charge >= 0.3 is 0 Å². The number of fused-ring (bicyclic) bond motifs is 1. The van der Waals surface area contributed by atoms with Crippen LogP contribution >= 0.6 is 0 Å². The fraction of sp³-hybridized carbons (Fsp3) is 0.562. The van der Waals surface area contributed by atoms with E-state index in [0.717, 1.165) is 37.2 Å². The largest absolute Gasteiger partial charge is 0.476 e. The van der Waals surface area contributed by atoms with Gasteiger partial charge in [0.1, 0.15) is 5.75 Å². The molecule has 0 saturated heterocycles. The van der Waals surface area contributed by atoms with Crippen molar-refractivity contribution in [1.29, 1.82) is 0 Å². The minimum absolute atomic E-state index is 0.0304. The van der Waals surface area contributed by atoms with Crippen molar-refractivity contribution in [2.45, 2.75) is 45.6 Å². The molecule has 1 heterocycles. The fourth-order valence-electron chi connectivity index (χ4n) is 2.52. The van der Waals surface area contributed by atoms with Gasteiger partial charge in [0.05, 0.1) is 5.69 Å². The smallest absolute Gasteiger partial charge is 0.270 e. The van der Waals surface area contributed by atoms with Crippen molar-refractivity contribution in [1.82, 2.24) is 0 Å². The minimum Gasteiger partial charge on any atom is -0.476 e. The molecule has 1 amide bonds. The third-order valence-corrected chi connectivity index (χ3v) is 3.56. The second-order valence-electron chi connectivity index (χ2n) is 5.76. The second-order valence-corrected chi connectivity index (χ2v) is 5.76. The summed E-state index contributed by atoms with van der Waals surface area (Å²) in [5, 5.41) is 0. The molecule has 0 bridgehead atoms. The third-order valence-electron chi connectivity index (χ3n) is 3.56. The molecule has 0 radical (unpaired) electrons. The number of aryl methyl sites for hydroxylation is 1. The highest BCUT2D eigenvalue weighted by Crippen LogP contribution is 2.38. The molecule has 0 unspecified atom stereocenters. The number of carbonyl (C=O) groups is 1. The Morgan fingerprint density at radius 2 is 2.10 bits per heavy atom. The fourth-order valence-corrected chi connectivity index (χ4v) is 2.52. The lowest BCUT2D eigenvalue weighted by Gasteiger charge is -2.39. The van der Waals surface area contributed by atoms with Gasteiger partial charge < -0.3 is 15.4 Å². The molecule has 1 aliphatic rings. The lowest BCUT2D eigenvalue weighted by atomic mass is 10.0. The van der Waals surface area contributed by atoms with Crippen LogP contribution in [0.1, 0.15) is 39.2 Å². The third kappa shape index (κ3) is 2.80. The van der Waals surface area contributed by atoms with E-state index in [9.17, 15) is 4.79 Å². The highest BCUT2D eigenvalue weighted by molar-refractivity contribution is 6.02. The average molecular weight is 276 g/mol. The van der Waals surface area contributed by atoms with Crippen LogP contribution in [0.3, 0.4) is 0 Å². The molecule has 2 rings (SSSR count). The molecule has 0 spiro atoms. The Kier molecular flexibility index (Phi) is 4.33. The topological polar surface area (TPSA) is 55.6 Å². The van der Waals surface area contributed by atoms with Gasteiger partial charge in [0, 0.05) is 6.54 Å². The van der Waals surface area contributed by atoms with Crippen LogP contribution in [-0.4, -0.2) is 24.6 Å². The Morgan fingerprint density at radius 3 is 2.75 bits per heavy atom. The van der Waals surface area contributed by atoms with E-state index in [0.29, 0.717) is 6.54 Å². The lowest BCUT2D eigenvalue weighted by Crippen LogP contribution is -2.52. The zero-order valence-electron chi connectivity index (χ0n) is 12.6. The Balaban J connectivity index is 2.37. The number of ether oxygens (including phenoxy) is 1. The van der Waals surface area contributed by atoms with E-state index >= 15 is 0 Å². The van der Waals surface area contributed by atoms with Crippen LogP contribution < -0.4 is 15.4 Å². The van der Waals surface area contributed by atoms with Crippen LogP contribution in [0.4, 0.5) is 5.69 Å². The van der Waals surface area contributed by atoms with Crippen LogP contribution in [-0.2, 0) is 11.2 Å². The van der Waals surface area contributed by atoms with Crippen LogP contribution in [0, 0.1) is 0 Å². The van der Waals surface area contributed by atoms with Crippen molar-refractivity contribution >= 4 is 11.6 Å². The molecule has 0 saturated carbocycles. The highest BCUT2D eigenvalue weighted by atomic mass is 16.5. The molecule has 0 aliphatic carbocycles. The minimum atomic E-state index is -0.791. The molecule has 20 heavy (non-hydrogen) atoms. The van der Waals surface area contributed by atoms with Gasteiger partial charge in [0.2, 0.25) is 0 Å². The van der Waals surface area contributed by atoms with Crippen LogP contribution in [0.25, 0.3) is 0 Å². The summed E-state index contributed by atoms with van der Waals surface area (Å²) in [6.45, 7) is 7.12. The number of nitrogens with two attached hydrogens (primary N) is 1. The SMILES string of the molecule is CCCN1C(=O)C(C)(C)Oc2ccc(CCCN)cc21. The predicted molar refractivity (Wildman–Crippen MR) is 81.2 cm³/mol. The molecular weight excluding hydrogens is 252 g/mol.